The average molecular weight is 578 g/mol. The first kappa shape index (κ1) is 26.0. The first-order valence-corrected chi connectivity index (χ1v) is 13.4. The number of carbonyl (C=O) groups is 3. The number of amides is 1. The van der Waals surface area contributed by atoms with E-state index in [1.54, 1.807) is 66.7 Å². The molecule has 7 nitrogen and oxygen atoms in total. The van der Waals surface area contributed by atoms with Gasteiger partial charge in [-0.1, -0.05) is 64.5 Å². The van der Waals surface area contributed by atoms with E-state index in [0.717, 1.165) is 4.47 Å². The fourth-order valence-corrected chi connectivity index (χ4v) is 5.23. The molecule has 0 aliphatic heterocycles. The van der Waals surface area contributed by atoms with Gasteiger partial charge in [-0.15, -0.1) is 0 Å². The fourth-order valence-electron chi connectivity index (χ4n) is 3.74. The predicted octanol–water partition coefficient (Wildman–Crippen LogP) is 5.72. The molecule has 0 bridgehead atoms. The normalized spacial score (nSPS) is 11.1. The van der Waals surface area contributed by atoms with Gasteiger partial charge in [-0.05, 0) is 59.7 Å². The van der Waals surface area contributed by atoms with Gasteiger partial charge >= 0.3 is 5.97 Å². The number of halogens is 1. The summed E-state index contributed by atoms with van der Waals surface area (Å²) in [6, 6.07) is 24.9. The van der Waals surface area contributed by atoms with Crippen molar-refractivity contribution in [3.05, 3.63) is 118 Å². The highest BCUT2D eigenvalue weighted by Gasteiger charge is 2.21. The Hall–Kier alpha value is -4.08. The average Bonchev–Trinajstić information content (AvgIpc) is 2.89. The van der Waals surface area contributed by atoms with E-state index in [1.165, 1.54) is 30.3 Å². The molecule has 0 aliphatic carbocycles. The molecule has 0 heterocycles. The summed E-state index contributed by atoms with van der Waals surface area (Å²) in [6.07, 6.45) is 0. The number of carboxylic acids is 1. The minimum absolute atomic E-state index is 0.0493. The lowest BCUT2D eigenvalue weighted by molar-refractivity contribution is 0.0697. The third kappa shape index (κ3) is 6.02. The summed E-state index contributed by atoms with van der Waals surface area (Å²) in [5, 5.41) is 12.3. The summed E-state index contributed by atoms with van der Waals surface area (Å²) >= 11 is 3.27. The van der Waals surface area contributed by atoms with Crippen molar-refractivity contribution < 1.29 is 27.9 Å². The third-order valence-electron chi connectivity index (χ3n) is 5.58. The Morgan fingerprint density at radius 3 is 1.86 bits per heavy atom. The lowest BCUT2D eigenvalue weighted by atomic mass is 9.95. The highest BCUT2D eigenvalue weighted by molar-refractivity contribution is 9.10. The van der Waals surface area contributed by atoms with Gasteiger partial charge in [0.15, 0.2) is 15.6 Å². The van der Waals surface area contributed by atoms with Crippen molar-refractivity contribution in [1.82, 2.24) is 0 Å². The Morgan fingerprint density at radius 2 is 1.27 bits per heavy atom. The van der Waals surface area contributed by atoms with Crippen LogP contribution in [0.2, 0.25) is 0 Å². The van der Waals surface area contributed by atoms with E-state index >= 15 is 0 Å². The molecule has 0 saturated heterocycles. The van der Waals surface area contributed by atoms with Crippen LogP contribution in [0.1, 0.15) is 31.1 Å². The van der Waals surface area contributed by atoms with Crippen molar-refractivity contribution in [1.29, 1.82) is 0 Å². The van der Waals surface area contributed by atoms with E-state index in [1.807, 2.05) is 0 Å². The first-order chi connectivity index (χ1) is 17.7. The summed E-state index contributed by atoms with van der Waals surface area (Å²) < 4.78 is 26.3. The summed E-state index contributed by atoms with van der Waals surface area (Å²) in [6.45, 7) is 0. The molecule has 9 heteroatoms. The van der Waals surface area contributed by atoms with E-state index in [4.69, 9.17) is 0 Å². The van der Waals surface area contributed by atoms with Gasteiger partial charge in [-0.2, -0.15) is 0 Å². The van der Waals surface area contributed by atoms with Gasteiger partial charge in [0.1, 0.15) is 5.75 Å². The van der Waals surface area contributed by atoms with E-state index in [0.29, 0.717) is 22.4 Å². The highest BCUT2D eigenvalue weighted by atomic mass is 79.9. The second-order valence-corrected chi connectivity index (χ2v) is 11.0. The van der Waals surface area contributed by atoms with Crippen LogP contribution in [0, 0.1) is 0 Å². The summed E-state index contributed by atoms with van der Waals surface area (Å²) in [4.78, 5) is 37.1. The number of carbonyl (C=O) groups excluding carboxylic acids is 2. The van der Waals surface area contributed by atoms with Gasteiger partial charge in [-0.3, -0.25) is 9.59 Å². The van der Waals surface area contributed by atoms with E-state index in [-0.39, 0.29) is 16.0 Å². The molecular formula is C28H20BrNO6S. The summed E-state index contributed by atoms with van der Waals surface area (Å²) in [5.74, 6) is -2.81. The topological polar surface area (TPSA) is 118 Å². The molecule has 0 spiro atoms. The Bertz CT molecular complexity index is 1600. The standard InChI is InChI=1S/C28H20BrNO6S/c29-19-11-9-18(10-12-19)26(31)17-37(35,36)21-15-13-20(14-16-21)30-27(32)24-7-3-1-5-22(24)23-6-2-4-8-25(23)28(33)34/h1-16H,17H2,(H,30,32)(H,33,34). The molecule has 4 rings (SSSR count). The lowest BCUT2D eigenvalue weighted by Crippen LogP contribution is -2.17. The Morgan fingerprint density at radius 1 is 0.730 bits per heavy atom. The number of anilines is 1. The molecule has 186 valence electrons. The molecule has 4 aromatic rings. The molecule has 1 amide bonds. The molecule has 0 aromatic heterocycles. The van der Waals surface area contributed by atoms with Gasteiger partial charge in [-0.25, -0.2) is 13.2 Å². The van der Waals surface area contributed by atoms with E-state index < -0.39 is 33.2 Å². The molecule has 0 aliphatic rings. The molecule has 4 aromatic carbocycles. The number of ketones is 1. The van der Waals surface area contributed by atoms with Crippen LogP contribution in [0.3, 0.4) is 0 Å². The van der Waals surface area contributed by atoms with Gasteiger partial charge in [0.05, 0.1) is 10.5 Å². The molecule has 0 fully saturated rings. The minimum Gasteiger partial charge on any atom is -0.478 e. The van der Waals surface area contributed by atoms with Crippen LogP contribution in [0.4, 0.5) is 5.69 Å². The molecular weight excluding hydrogens is 558 g/mol. The van der Waals surface area contributed by atoms with Gasteiger partial charge in [0, 0.05) is 21.3 Å². The number of aromatic carboxylic acids is 1. The minimum atomic E-state index is -3.90. The zero-order chi connectivity index (χ0) is 26.6. The van der Waals surface area contributed by atoms with Crippen molar-refractivity contribution in [2.75, 3.05) is 11.1 Å². The monoisotopic (exact) mass is 577 g/mol. The lowest BCUT2D eigenvalue weighted by Gasteiger charge is -2.13. The maximum absolute atomic E-state index is 13.1. The Balaban J connectivity index is 1.53. The quantitative estimate of drug-likeness (QED) is 0.258. The number of nitrogens with one attached hydrogen (secondary N) is 1. The van der Waals surface area contributed by atoms with Crippen LogP contribution in [0.25, 0.3) is 11.1 Å². The number of hydrogen-bond donors (Lipinski definition) is 2. The zero-order valence-corrected chi connectivity index (χ0v) is 21.6. The van der Waals surface area contributed by atoms with Crippen LogP contribution in [0.15, 0.2) is 106 Å². The molecule has 2 N–H and O–H groups in total. The number of hydrogen-bond acceptors (Lipinski definition) is 5. The highest BCUT2D eigenvalue weighted by Crippen LogP contribution is 2.28. The maximum Gasteiger partial charge on any atom is 0.336 e. The Labute approximate surface area is 221 Å². The largest absolute Gasteiger partial charge is 0.478 e. The predicted molar refractivity (Wildman–Crippen MR) is 144 cm³/mol. The molecule has 37 heavy (non-hydrogen) atoms. The zero-order valence-electron chi connectivity index (χ0n) is 19.2. The number of carboxylic acid groups (broad SMARTS) is 1. The first-order valence-electron chi connectivity index (χ1n) is 11.0. The Kier molecular flexibility index (Phi) is 7.66. The fraction of sp³-hybridized carbons (Fsp3) is 0.0357. The van der Waals surface area contributed by atoms with Crippen molar-refractivity contribution in [2.24, 2.45) is 0 Å². The second-order valence-electron chi connectivity index (χ2n) is 8.06. The number of benzene rings is 4. The van der Waals surface area contributed by atoms with Gasteiger partial charge < -0.3 is 10.4 Å². The third-order valence-corrected chi connectivity index (χ3v) is 7.74. The van der Waals surface area contributed by atoms with Crippen LogP contribution >= 0.6 is 15.9 Å². The van der Waals surface area contributed by atoms with Crippen LogP contribution in [-0.4, -0.2) is 36.9 Å². The van der Waals surface area contributed by atoms with Crippen LogP contribution < -0.4 is 5.32 Å². The second kappa shape index (κ2) is 10.9. The smallest absolute Gasteiger partial charge is 0.336 e. The number of Topliss-reactive ketones (excluding diaryl/α,β-unsaturated/α-hetero) is 1. The van der Waals surface area contributed by atoms with E-state index in [2.05, 4.69) is 21.2 Å². The summed E-state index contributed by atoms with van der Waals surface area (Å²) in [5.41, 5.74) is 1.80. The summed E-state index contributed by atoms with van der Waals surface area (Å²) in [7, 11) is -3.90. The van der Waals surface area contributed by atoms with Gasteiger partial charge in [0.25, 0.3) is 5.91 Å². The molecule has 0 unspecified atom stereocenters. The van der Waals surface area contributed by atoms with Crippen molar-refractivity contribution in [2.45, 2.75) is 4.90 Å². The van der Waals surface area contributed by atoms with Gasteiger partial charge in [0.2, 0.25) is 0 Å². The van der Waals surface area contributed by atoms with Crippen molar-refractivity contribution >= 4 is 49.1 Å². The van der Waals surface area contributed by atoms with Crippen LogP contribution in [-0.2, 0) is 9.84 Å². The van der Waals surface area contributed by atoms with Crippen molar-refractivity contribution in [3.8, 4) is 11.1 Å². The molecule has 0 atom stereocenters. The van der Waals surface area contributed by atoms with Crippen molar-refractivity contribution in [3.63, 3.8) is 0 Å². The SMILES string of the molecule is O=C(CS(=O)(=O)c1ccc(NC(=O)c2ccccc2-c2ccccc2C(=O)O)cc1)c1ccc(Br)cc1. The van der Waals surface area contributed by atoms with E-state index in [9.17, 15) is 27.9 Å². The molecule has 0 saturated carbocycles. The number of rotatable bonds is 8. The maximum atomic E-state index is 13.1. The van der Waals surface area contributed by atoms with Crippen LogP contribution in [0.5, 0.6) is 0 Å². The molecule has 0 radical (unpaired) electrons. The number of sulfone groups is 1.